The largest absolute Gasteiger partial charge is 0.271 e. The molecule has 2 rings (SSSR count). The van der Waals surface area contributed by atoms with Crippen molar-refractivity contribution in [3.05, 3.63) is 23.2 Å². The van der Waals surface area contributed by atoms with Crippen LogP contribution in [0.2, 0.25) is 0 Å². The third-order valence-electron chi connectivity index (χ3n) is 2.35. The molecule has 2 heterocycles. The molecule has 0 radical (unpaired) electrons. The Bertz CT molecular complexity index is 449. The predicted molar refractivity (Wildman–Crippen MR) is 63.0 cm³/mol. The number of hydrogen-bond donors (Lipinski definition) is 0. The summed E-state index contributed by atoms with van der Waals surface area (Å²) < 4.78 is 6.23. The van der Waals surface area contributed by atoms with Crippen LogP contribution in [0.25, 0.3) is 11.4 Å². The molecule has 0 unspecified atom stereocenters. The van der Waals surface area contributed by atoms with Gasteiger partial charge in [-0.1, -0.05) is 20.8 Å². The maximum atomic E-state index is 4.48. The van der Waals surface area contributed by atoms with Crippen LogP contribution < -0.4 is 0 Å². The average Bonchev–Trinajstić information content (AvgIpc) is 2.68. The summed E-state index contributed by atoms with van der Waals surface area (Å²) in [4.78, 5) is 0. The SMILES string of the molecule is Cn1nc(-c2ccsn2)cc1C(C)(C)C. The van der Waals surface area contributed by atoms with Gasteiger partial charge in [-0.2, -0.15) is 9.47 Å². The second kappa shape index (κ2) is 3.45. The summed E-state index contributed by atoms with van der Waals surface area (Å²) >= 11 is 1.46. The van der Waals surface area contributed by atoms with E-state index in [9.17, 15) is 0 Å². The van der Waals surface area contributed by atoms with Gasteiger partial charge in [-0.25, -0.2) is 0 Å². The maximum absolute atomic E-state index is 4.48. The lowest BCUT2D eigenvalue weighted by Gasteiger charge is -2.17. The van der Waals surface area contributed by atoms with E-state index in [2.05, 4.69) is 36.3 Å². The molecule has 0 bridgehead atoms. The Kier molecular flexibility index (Phi) is 2.38. The van der Waals surface area contributed by atoms with Crippen LogP contribution in [0.5, 0.6) is 0 Å². The Morgan fingerprint density at radius 1 is 1.27 bits per heavy atom. The first-order chi connectivity index (χ1) is 6.98. The Morgan fingerprint density at radius 3 is 2.47 bits per heavy atom. The van der Waals surface area contributed by atoms with Gasteiger partial charge in [-0.3, -0.25) is 4.68 Å². The lowest BCUT2D eigenvalue weighted by atomic mass is 9.92. The third kappa shape index (κ3) is 1.95. The zero-order valence-electron chi connectivity index (χ0n) is 9.48. The van der Waals surface area contributed by atoms with E-state index in [1.165, 1.54) is 17.2 Å². The molecule has 0 aromatic carbocycles. The van der Waals surface area contributed by atoms with Crippen LogP contribution in [0.3, 0.4) is 0 Å². The molecule has 0 N–H and O–H groups in total. The van der Waals surface area contributed by atoms with Crippen molar-refractivity contribution in [2.75, 3.05) is 0 Å². The quantitative estimate of drug-likeness (QED) is 0.741. The van der Waals surface area contributed by atoms with Gasteiger partial charge in [-0.15, -0.1) is 0 Å². The normalized spacial score (nSPS) is 12.0. The molecule has 0 saturated carbocycles. The van der Waals surface area contributed by atoms with Crippen molar-refractivity contribution in [3.63, 3.8) is 0 Å². The van der Waals surface area contributed by atoms with Crippen LogP contribution in [-0.2, 0) is 12.5 Å². The summed E-state index contributed by atoms with van der Waals surface area (Å²) in [6.45, 7) is 6.57. The number of aromatic nitrogens is 3. The fraction of sp³-hybridized carbons (Fsp3) is 0.455. The number of hydrogen-bond acceptors (Lipinski definition) is 3. The standard InChI is InChI=1S/C11H15N3S/c1-11(2,3)10-7-9(12-14(10)4)8-5-6-15-13-8/h5-7H,1-4H3. The van der Waals surface area contributed by atoms with Crippen LogP contribution in [-0.4, -0.2) is 14.2 Å². The van der Waals surface area contributed by atoms with Crippen molar-refractivity contribution < 1.29 is 0 Å². The molecule has 80 valence electrons. The van der Waals surface area contributed by atoms with Crippen LogP contribution >= 0.6 is 11.5 Å². The highest BCUT2D eigenvalue weighted by atomic mass is 32.1. The van der Waals surface area contributed by atoms with Gasteiger partial charge in [0.25, 0.3) is 0 Å². The number of rotatable bonds is 1. The summed E-state index contributed by atoms with van der Waals surface area (Å²) in [6, 6.07) is 4.12. The Morgan fingerprint density at radius 2 is 2.00 bits per heavy atom. The predicted octanol–water partition coefficient (Wildman–Crippen LogP) is 2.84. The molecule has 0 aliphatic carbocycles. The molecule has 0 fully saturated rings. The van der Waals surface area contributed by atoms with Gasteiger partial charge in [0.1, 0.15) is 11.4 Å². The van der Waals surface area contributed by atoms with E-state index < -0.39 is 0 Å². The van der Waals surface area contributed by atoms with Crippen molar-refractivity contribution in [3.8, 4) is 11.4 Å². The summed E-state index contributed by atoms with van der Waals surface area (Å²) in [7, 11) is 1.98. The first-order valence-electron chi connectivity index (χ1n) is 4.94. The van der Waals surface area contributed by atoms with Gasteiger partial charge in [0.15, 0.2) is 0 Å². The van der Waals surface area contributed by atoms with E-state index in [4.69, 9.17) is 0 Å². The van der Waals surface area contributed by atoms with Crippen molar-refractivity contribution in [2.24, 2.45) is 7.05 Å². The lowest BCUT2D eigenvalue weighted by molar-refractivity contribution is 0.523. The minimum absolute atomic E-state index is 0.121. The summed E-state index contributed by atoms with van der Waals surface area (Å²) in [5.74, 6) is 0. The molecule has 15 heavy (non-hydrogen) atoms. The minimum atomic E-state index is 0.121. The van der Waals surface area contributed by atoms with E-state index in [0.717, 1.165) is 11.4 Å². The van der Waals surface area contributed by atoms with Gasteiger partial charge >= 0.3 is 0 Å². The molecular formula is C11H15N3S. The third-order valence-corrected chi connectivity index (χ3v) is 2.91. The van der Waals surface area contributed by atoms with Gasteiger partial charge < -0.3 is 0 Å². The molecule has 2 aromatic rings. The zero-order chi connectivity index (χ0) is 11.1. The first kappa shape index (κ1) is 10.4. The van der Waals surface area contributed by atoms with Gasteiger partial charge in [0.2, 0.25) is 0 Å². The highest BCUT2D eigenvalue weighted by Gasteiger charge is 2.20. The van der Waals surface area contributed by atoms with Crippen LogP contribution in [0.1, 0.15) is 26.5 Å². The average molecular weight is 221 g/mol. The molecule has 0 aliphatic rings. The number of aryl methyl sites for hydroxylation is 1. The Hall–Kier alpha value is -1.16. The summed E-state index contributed by atoms with van der Waals surface area (Å²) in [6.07, 6.45) is 0. The fourth-order valence-electron chi connectivity index (χ4n) is 1.64. The molecule has 2 aromatic heterocycles. The number of nitrogens with zero attached hydrogens (tertiary/aromatic N) is 3. The van der Waals surface area contributed by atoms with Crippen LogP contribution in [0.15, 0.2) is 17.5 Å². The van der Waals surface area contributed by atoms with Crippen LogP contribution in [0, 0.1) is 0 Å². The summed E-state index contributed by atoms with van der Waals surface area (Å²) in [5.41, 5.74) is 3.27. The van der Waals surface area contributed by atoms with Gasteiger partial charge in [0.05, 0.1) is 0 Å². The zero-order valence-corrected chi connectivity index (χ0v) is 10.3. The monoisotopic (exact) mass is 221 g/mol. The smallest absolute Gasteiger partial charge is 0.112 e. The van der Waals surface area contributed by atoms with Gasteiger partial charge in [-0.05, 0) is 23.7 Å². The molecule has 0 saturated heterocycles. The van der Waals surface area contributed by atoms with Crippen molar-refractivity contribution >= 4 is 11.5 Å². The molecule has 0 atom stereocenters. The van der Waals surface area contributed by atoms with Crippen molar-refractivity contribution in [2.45, 2.75) is 26.2 Å². The van der Waals surface area contributed by atoms with E-state index in [1.54, 1.807) is 0 Å². The highest BCUT2D eigenvalue weighted by molar-refractivity contribution is 7.03. The van der Waals surface area contributed by atoms with Gasteiger partial charge in [0, 0.05) is 23.5 Å². The van der Waals surface area contributed by atoms with E-state index >= 15 is 0 Å². The second-order valence-electron chi connectivity index (χ2n) is 4.67. The van der Waals surface area contributed by atoms with E-state index in [1.807, 2.05) is 23.2 Å². The maximum Gasteiger partial charge on any atom is 0.112 e. The van der Waals surface area contributed by atoms with Crippen molar-refractivity contribution in [1.29, 1.82) is 0 Å². The summed E-state index contributed by atoms with van der Waals surface area (Å²) in [5, 5.41) is 6.45. The molecule has 0 aliphatic heterocycles. The fourth-order valence-corrected chi connectivity index (χ4v) is 2.16. The first-order valence-corrected chi connectivity index (χ1v) is 5.77. The Labute approximate surface area is 93.9 Å². The van der Waals surface area contributed by atoms with E-state index in [-0.39, 0.29) is 5.41 Å². The molecule has 4 heteroatoms. The molecular weight excluding hydrogens is 206 g/mol. The minimum Gasteiger partial charge on any atom is -0.271 e. The van der Waals surface area contributed by atoms with E-state index in [0.29, 0.717) is 0 Å². The lowest BCUT2D eigenvalue weighted by Crippen LogP contribution is -2.16. The van der Waals surface area contributed by atoms with Crippen molar-refractivity contribution in [1.82, 2.24) is 14.2 Å². The molecule has 0 spiro atoms. The topological polar surface area (TPSA) is 30.7 Å². The second-order valence-corrected chi connectivity index (χ2v) is 5.34. The highest BCUT2D eigenvalue weighted by Crippen LogP contribution is 2.26. The molecule has 3 nitrogen and oxygen atoms in total. The Balaban J connectivity index is 2.47. The molecule has 0 amide bonds. The van der Waals surface area contributed by atoms with Crippen LogP contribution in [0.4, 0.5) is 0 Å².